The zero-order chi connectivity index (χ0) is 10.3. The standard InChI is InChI=1S/C9H7Cl2FO2/c10-6-2-1-5(8(12)7(6)11)9(13)3-14-4-9/h1-2,13H,3-4H2. The first-order valence-corrected chi connectivity index (χ1v) is 4.74. The van der Waals surface area contributed by atoms with E-state index in [0.29, 0.717) is 0 Å². The average molecular weight is 237 g/mol. The minimum absolute atomic E-state index is 0.0852. The Morgan fingerprint density at radius 3 is 2.50 bits per heavy atom. The summed E-state index contributed by atoms with van der Waals surface area (Å²) in [5.41, 5.74) is -1.11. The molecule has 1 N–H and O–H groups in total. The minimum Gasteiger partial charge on any atom is -0.380 e. The maximum atomic E-state index is 13.5. The molecule has 1 fully saturated rings. The number of hydrogen-bond donors (Lipinski definition) is 1. The van der Waals surface area contributed by atoms with E-state index in [1.54, 1.807) is 0 Å². The molecule has 0 radical (unpaired) electrons. The first-order valence-electron chi connectivity index (χ1n) is 3.99. The SMILES string of the molecule is OC1(c2ccc(Cl)c(Cl)c2F)COC1. The Labute approximate surface area is 90.2 Å². The van der Waals surface area contributed by atoms with Gasteiger partial charge in [0.2, 0.25) is 0 Å². The molecule has 1 aromatic carbocycles. The van der Waals surface area contributed by atoms with Gasteiger partial charge in [-0.05, 0) is 6.07 Å². The van der Waals surface area contributed by atoms with Crippen molar-refractivity contribution in [3.05, 3.63) is 33.6 Å². The van der Waals surface area contributed by atoms with Crippen LogP contribution in [0.25, 0.3) is 0 Å². The van der Waals surface area contributed by atoms with Gasteiger partial charge in [-0.1, -0.05) is 29.3 Å². The molecule has 14 heavy (non-hydrogen) atoms. The third-order valence-corrected chi connectivity index (χ3v) is 3.00. The third-order valence-electron chi connectivity index (χ3n) is 2.22. The molecule has 76 valence electrons. The van der Waals surface area contributed by atoms with Gasteiger partial charge in [0.15, 0.2) is 0 Å². The summed E-state index contributed by atoms with van der Waals surface area (Å²) in [6, 6.07) is 2.88. The summed E-state index contributed by atoms with van der Waals surface area (Å²) < 4.78 is 18.4. The Kier molecular flexibility index (Phi) is 2.43. The van der Waals surface area contributed by atoms with Crippen LogP contribution in [0.3, 0.4) is 0 Å². The van der Waals surface area contributed by atoms with E-state index in [4.69, 9.17) is 27.9 Å². The molecule has 0 spiro atoms. The summed E-state index contributed by atoms with van der Waals surface area (Å²) in [6.07, 6.45) is 0. The van der Waals surface area contributed by atoms with Crippen molar-refractivity contribution >= 4 is 23.2 Å². The lowest BCUT2D eigenvalue weighted by molar-refractivity contribution is -0.186. The van der Waals surface area contributed by atoms with E-state index < -0.39 is 11.4 Å². The van der Waals surface area contributed by atoms with Crippen LogP contribution in [0.1, 0.15) is 5.56 Å². The Morgan fingerprint density at radius 1 is 1.36 bits per heavy atom. The van der Waals surface area contributed by atoms with Crippen LogP contribution < -0.4 is 0 Å². The van der Waals surface area contributed by atoms with Gasteiger partial charge in [-0.2, -0.15) is 0 Å². The average Bonchev–Trinajstić information content (AvgIpc) is 2.11. The van der Waals surface area contributed by atoms with E-state index in [1.807, 2.05) is 0 Å². The van der Waals surface area contributed by atoms with Crippen molar-refractivity contribution in [2.75, 3.05) is 13.2 Å². The summed E-state index contributed by atoms with van der Waals surface area (Å²) >= 11 is 11.2. The molecular formula is C9H7Cl2FO2. The van der Waals surface area contributed by atoms with E-state index in [-0.39, 0.29) is 28.8 Å². The van der Waals surface area contributed by atoms with Crippen LogP contribution in [0.15, 0.2) is 12.1 Å². The van der Waals surface area contributed by atoms with Crippen molar-refractivity contribution in [2.24, 2.45) is 0 Å². The number of aliphatic hydroxyl groups is 1. The fourth-order valence-electron chi connectivity index (χ4n) is 1.34. The highest BCUT2D eigenvalue weighted by Gasteiger charge is 2.40. The van der Waals surface area contributed by atoms with Crippen molar-refractivity contribution < 1.29 is 14.2 Å². The van der Waals surface area contributed by atoms with E-state index in [9.17, 15) is 9.50 Å². The molecule has 0 bridgehead atoms. The Hall–Kier alpha value is -0.350. The normalized spacial score (nSPS) is 19.1. The summed E-state index contributed by atoms with van der Waals surface area (Å²) in [6.45, 7) is 0.170. The summed E-state index contributed by atoms with van der Waals surface area (Å²) in [5.74, 6) is -0.676. The van der Waals surface area contributed by atoms with Crippen LogP contribution in [0.5, 0.6) is 0 Å². The van der Waals surface area contributed by atoms with E-state index in [1.165, 1.54) is 12.1 Å². The quantitative estimate of drug-likeness (QED) is 0.759. The lowest BCUT2D eigenvalue weighted by Crippen LogP contribution is -2.47. The molecule has 1 heterocycles. The highest BCUT2D eigenvalue weighted by atomic mass is 35.5. The van der Waals surface area contributed by atoms with Crippen molar-refractivity contribution in [1.82, 2.24) is 0 Å². The van der Waals surface area contributed by atoms with Gasteiger partial charge in [0.05, 0.1) is 23.3 Å². The predicted molar refractivity (Wildman–Crippen MR) is 51.1 cm³/mol. The molecule has 2 nitrogen and oxygen atoms in total. The molecule has 1 aromatic rings. The topological polar surface area (TPSA) is 29.5 Å². The lowest BCUT2D eigenvalue weighted by Gasteiger charge is -2.37. The maximum Gasteiger partial charge on any atom is 0.149 e. The van der Waals surface area contributed by atoms with Gasteiger partial charge in [0.25, 0.3) is 0 Å². The van der Waals surface area contributed by atoms with Gasteiger partial charge < -0.3 is 9.84 Å². The van der Waals surface area contributed by atoms with Crippen molar-refractivity contribution in [3.63, 3.8) is 0 Å². The fourth-order valence-corrected chi connectivity index (χ4v) is 1.65. The minimum atomic E-state index is -1.25. The summed E-state index contributed by atoms with van der Waals surface area (Å²) in [4.78, 5) is 0. The second-order valence-electron chi connectivity index (χ2n) is 3.25. The molecule has 0 saturated carbocycles. The van der Waals surface area contributed by atoms with Gasteiger partial charge in [0, 0.05) is 5.56 Å². The Balaban J connectivity index is 2.49. The molecule has 1 aliphatic rings. The largest absolute Gasteiger partial charge is 0.380 e. The van der Waals surface area contributed by atoms with Crippen LogP contribution >= 0.6 is 23.2 Å². The van der Waals surface area contributed by atoms with Crippen LogP contribution in [0.4, 0.5) is 4.39 Å². The molecule has 1 saturated heterocycles. The highest BCUT2D eigenvalue weighted by molar-refractivity contribution is 6.42. The van der Waals surface area contributed by atoms with Crippen LogP contribution in [-0.2, 0) is 10.3 Å². The van der Waals surface area contributed by atoms with Gasteiger partial charge >= 0.3 is 0 Å². The molecule has 0 aromatic heterocycles. The van der Waals surface area contributed by atoms with Crippen LogP contribution in [0, 0.1) is 5.82 Å². The van der Waals surface area contributed by atoms with Gasteiger partial charge in [0.1, 0.15) is 11.4 Å². The maximum absolute atomic E-state index is 13.5. The molecule has 5 heteroatoms. The summed E-state index contributed by atoms with van der Waals surface area (Å²) in [7, 11) is 0. The zero-order valence-corrected chi connectivity index (χ0v) is 8.57. The molecular weight excluding hydrogens is 230 g/mol. The Morgan fingerprint density at radius 2 is 2.00 bits per heavy atom. The predicted octanol–water partition coefficient (Wildman–Crippen LogP) is 2.35. The van der Waals surface area contributed by atoms with Crippen molar-refractivity contribution in [1.29, 1.82) is 0 Å². The molecule has 0 atom stereocenters. The number of benzene rings is 1. The Bertz CT molecular complexity index is 377. The highest BCUT2D eigenvalue weighted by Crippen LogP contribution is 2.36. The van der Waals surface area contributed by atoms with Gasteiger partial charge in [-0.15, -0.1) is 0 Å². The monoisotopic (exact) mass is 236 g/mol. The van der Waals surface area contributed by atoms with Gasteiger partial charge in [-0.3, -0.25) is 0 Å². The third kappa shape index (κ3) is 1.41. The first-order chi connectivity index (χ1) is 6.54. The molecule has 2 rings (SSSR count). The van der Waals surface area contributed by atoms with E-state index in [0.717, 1.165) is 0 Å². The smallest absolute Gasteiger partial charge is 0.149 e. The van der Waals surface area contributed by atoms with E-state index in [2.05, 4.69) is 0 Å². The number of ether oxygens (including phenoxy) is 1. The fraction of sp³-hybridized carbons (Fsp3) is 0.333. The number of rotatable bonds is 1. The second-order valence-corrected chi connectivity index (χ2v) is 4.03. The number of halogens is 3. The van der Waals surface area contributed by atoms with Crippen molar-refractivity contribution in [3.8, 4) is 0 Å². The number of hydrogen-bond acceptors (Lipinski definition) is 2. The summed E-state index contributed by atoms with van der Waals surface area (Å²) in [5, 5.41) is 9.78. The molecule has 0 amide bonds. The first kappa shape index (κ1) is 10.2. The van der Waals surface area contributed by atoms with E-state index >= 15 is 0 Å². The second kappa shape index (κ2) is 3.35. The molecule has 0 aliphatic carbocycles. The van der Waals surface area contributed by atoms with Gasteiger partial charge in [-0.25, -0.2) is 4.39 Å². The molecule has 0 unspecified atom stereocenters. The van der Waals surface area contributed by atoms with Crippen molar-refractivity contribution in [2.45, 2.75) is 5.60 Å². The molecule has 1 aliphatic heterocycles. The lowest BCUT2D eigenvalue weighted by atomic mass is 9.92. The van der Waals surface area contributed by atoms with Crippen LogP contribution in [0.2, 0.25) is 10.0 Å². The zero-order valence-electron chi connectivity index (χ0n) is 7.06. The van der Waals surface area contributed by atoms with Crippen LogP contribution in [-0.4, -0.2) is 18.3 Å².